The van der Waals surface area contributed by atoms with Crippen LogP contribution in [0.2, 0.25) is 0 Å². The maximum Gasteiger partial charge on any atom is 0.331 e. The standard InChI is InChI=1S/C21H25N3O3/c1-13-12-17-8-6-7-9-19(17)24(13)21(26)16(4)27-20(25)11-10-18-14(2)22-23(5)15(18)3/h6-11,13,16H,12H2,1-5H3/b11-10+/t13-,16-/m1/s1. The van der Waals surface area contributed by atoms with Gasteiger partial charge in [0.15, 0.2) is 6.10 Å². The number of benzene rings is 1. The van der Waals surface area contributed by atoms with Crippen molar-refractivity contribution in [2.45, 2.75) is 46.3 Å². The zero-order chi connectivity index (χ0) is 19.7. The highest BCUT2D eigenvalue weighted by molar-refractivity contribution is 6.00. The monoisotopic (exact) mass is 367 g/mol. The smallest absolute Gasteiger partial charge is 0.331 e. The molecule has 6 nitrogen and oxygen atoms in total. The summed E-state index contributed by atoms with van der Waals surface area (Å²) in [5.74, 6) is -0.749. The van der Waals surface area contributed by atoms with Gasteiger partial charge in [-0.25, -0.2) is 4.79 Å². The molecule has 3 rings (SSSR count). The number of aromatic nitrogens is 2. The van der Waals surface area contributed by atoms with Gasteiger partial charge in [0.2, 0.25) is 0 Å². The van der Waals surface area contributed by atoms with Crippen molar-refractivity contribution in [1.82, 2.24) is 9.78 Å². The highest BCUT2D eigenvalue weighted by Crippen LogP contribution is 2.32. The number of rotatable bonds is 4. The van der Waals surface area contributed by atoms with Crippen molar-refractivity contribution in [3.63, 3.8) is 0 Å². The van der Waals surface area contributed by atoms with Gasteiger partial charge in [-0.2, -0.15) is 5.10 Å². The number of fused-ring (bicyclic) bond motifs is 1. The molecule has 1 aromatic heterocycles. The molecule has 0 bridgehead atoms. The molecule has 0 fully saturated rings. The van der Waals surface area contributed by atoms with Crippen LogP contribution in [0.5, 0.6) is 0 Å². The number of anilines is 1. The predicted molar refractivity (Wildman–Crippen MR) is 104 cm³/mol. The van der Waals surface area contributed by atoms with Crippen LogP contribution in [0.1, 0.15) is 36.4 Å². The number of ether oxygens (including phenoxy) is 1. The van der Waals surface area contributed by atoms with Crippen LogP contribution in [-0.4, -0.2) is 33.8 Å². The lowest BCUT2D eigenvalue weighted by Crippen LogP contribution is -2.43. The van der Waals surface area contributed by atoms with E-state index in [1.165, 1.54) is 6.08 Å². The van der Waals surface area contributed by atoms with Gasteiger partial charge in [-0.3, -0.25) is 9.48 Å². The molecular formula is C21H25N3O3. The van der Waals surface area contributed by atoms with Gasteiger partial charge in [-0.1, -0.05) is 18.2 Å². The van der Waals surface area contributed by atoms with Crippen LogP contribution in [0.25, 0.3) is 6.08 Å². The molecule has 1 aliphatic rings. The Kier molecular flexibility index (Phi) is 5.17. The lowest BCUT2D eigenvalue weighted by atomic mass is 10.1. The van der Waals surface area contributed by atoms with Crippen LogP contribution in [0.15, 0.2) is 30.3 Å². The van der Waals surface area contributed by atoms with Gasteiger partial charge >= 0.3 is 5.97 Å². The first-order chi connectivity index (χ1) is 12.8. The van der Waals surface area contributed by atoms with Gasteiger partial charge in [0, 0.05) is 36.1 Å². The van der Waals surface area contributed by atoms with E-state index in [1.807, 2.05) is 52.1 Å². The van der Waals surface area contributed by atoms with Crippen molar-refractivity contribution >= 4 is 23.6 Å². The number of hydrogen-bond acceptors (Lipinski definition) is 4. The lowest BCUT2D eigenvalue weighted by molar-refractivity contribution is -0.149. The van der Waals surface area contributed by atoms with Crippen LogP contribution >= 0.6 is 0 Å². The normalized spacial score (nSPS) is 17.2. The number of carbonyl (C=O) groups excluding carboxylic acids is 2. The van der Waals surface area contributed by atoms with Gasteiger partial charge in [0.1, 0.15) is 0 Å². The SMILES string of the molecule is Cc1nn(C)c(C)c1/C=C/C(=O)O[C@H](C)C(=O)N1c2ccccc2C[C@H]1C. The summed E-state index contributed by atoms with van der Waals surface area (Å²) in [6.45, 7) is 7.43. The Bertz CT molecular complexity index is 913. The van der Waals surface area contributed by atoms with Crippen LogP contribution < -0.4 is 4.90 Å². The summed E-state index contributed by atoms with van der Waals surface area (Å²) in [5.41, 5.74) is 4.72. The minimum atomic E-state index is -0.855. The molecule has 142 valence electrons. The lowest BCUT2D eigenvalue weighted by Gasteiger charge is -2.25. The van der Waals surface area contributed by atoms with Gasteiger partial charge in [0.05, 0.1) is 5.69 Å². The average molecular weight is 367 g/mol. The molecule has 1 amide bonds. The first-order valence-corrected chi connectivity index (χ1v) is 9.09. The van der Waals surface area contributed by atoms with E-state index in [0.29, 0.717) is 0 Å². The Morgan fingerprint density at radius 2 is 2.00 bits per heavy atom. The maximum atomic E-state index is 12.9. The summed E-state index contributed by atoms with van der Waals surface area (Å²) in [7, 11) is 1.85. The topological polar surface area (TPSA) is 64.4 Å². The zero-order valence-electron chi connectivity index (χ0n) is 16.4. The third-order valence-electron chi connectivity index (χ3n) is 5.04. The van der Waals surface area contributed by atoms with Crippen LogP contribution in [0, 0.1) is 13.8 Å². The average Bonchev–Trinajstić information content (AvgIpc) is 3.07. The van der Waals surface area contributed by atoms with Crippen LogP contribution in [0.4, 0.5) is 5.69 Å². The Balaban J connectivity index is 1.68. The van der Waals surface area contributed by atoms with Crippen molar-refractivity contribution in [2.75, 3.05) is 4.90 Å². The van der Waals surface area contributed by atoms with E-state index < -0.39 is 12.1 Å². The second kappa shape index (κ2) is 7.39. The van der Waals surface area contributed by atoms with Crippen LogP contribution in [0.3, 0.4) is 0 Å². The quantitative estimate of drug-likeness (QED) is 0.616. The van der Waals surface area contributed by atoms with Crippen molar-refractivity contribution < 1.29 is 14.3 Å². The number of amides is 1. The molecule has 1 aromatic carbocycles. The van der Waals surface area contributed by atoms with E-state index in [2.05, 4.69) is 5.10 Å². The summed E-state index contributed by atoms with van der Waals surface area (Å²) in [6.07, 6.45) is 2.99. The summed E-state index contributed by atoms with van der Waals surface area (Å²) in [4.78, 5) is 26.8. The minimum absolute atomic E-state index is 0.0484. The highest BCUT2D eigenvalue weighted by atomic mass is 16.5. The zero-order valence-corrected chi connectivity index (χ0v) is 16.4. The predicted octanol–water partition coefficient (Wildman–Crippen LogP) is 2.96. The number of aryl methyl sites for hydroxylation is 2. The van der Waals surface area contributed by atoms with Crippen molar-refractivity contribution in [3.05, 3.63) is 52.9 Å². The molecule has 0 radical (unpaired) electrons. The van der Waals surface area contributed by atoms with E-state index in [9.17, 15) is 9.59 Å². The summed E-state index contributed by atoms with van der Waals surface area (Å²) >= 11 is 0. The number of para-hydroxylation sites is 1. The molecule has 0 saturated carbocycles. The van der Waals surface area contributed by atoms with Gasteiger partial charge < -0.3 is 9.64 Å². The first-order valence-electron chi connectivity index (χ1n) is 9.09. The molecule has 2 atom stereocenters. The van der Waals surface area contributed by atoms with E-state index in [-0.39, 0.29) is 11.9 Å². The van der Waals surface area contributed by atoms with Crippen molar-refractivity contribution in [1.29, 1.82) is 0 Å². The van der Waals surface area contributed by atoms with E-state index in [4.69, 9.17) is 4.74 Å². The first kappa shape index (κ1) is 18.9. The Hall–Kier alpha value is -2.89. The van der Waals surface area contributed by atoms with Crippen molar-refractivity contribution in [2.24, 2.45) is 7.05 Å². The molecule has 0 spiro atoms. The fourth-order valence-corrected chi connectivity index (χ4v) is 3.54. The Labute approximate surface area is 159 Å². The number of esters is 1. The third-order valence-corrected chi connectivity index (χ3v) is 5.04. The van der Waals surface area contributed by atoms with Gasteiger partial charge in [-0.15, -0.1) is 0 Å². The number of carbonyl (C=O) groups is 2. The molecule has 2 heterocycles. The van der Waals surface area contributed by atoms with E-state index in [0.717, 1.165) is 34.6 Å². The Morgan fingerprint density at radius 1 is 1.30 bits per heavy atom. The summed E-state index contributed by atoms with van der Waals surface area (Å²) in [5, 5.41) is 4.31. The highest BCUT2D eigenvalue weighted by Gasteiger charge is 2.34. The molecule has 1 aliphatic heterocycles. The summed E-state index contributed by atoms with van der Waals surface area (Å²) < 4.78 is 7.11. The second-order valence-corrected chi connectivity index (χ2v) is 7.01. The molecule has 6 heteroatoms. The molecule has 2 aromatic rings. The Morgan fingerprint density at radius 3 is 2.67 bits per heavy atom. The number of nitrogens with zero attached hydrogens (tertiary/aromatic N) is 3. The third kappa shape index (κ3) is 3.65. The van der Waals surface area contributed by atoms with E-state index in [1.54, 1.807) is 22.6 Å². The second-order valence-electron chi connectivity index (χ2n) is 7.01. The number of hydrogen-bond donors (Lipinski definition) is 0. The molecule has 0 saturated heterocycles. The molecule has 0 N–H and O–H groups in total. The molecule has 0 aliphatic carbocycles. The molecule has 0 unspecified atom stereocenters. The largest absolute Gasteiger partial charge is 0.449 e. The fraction of sp³-hybridized carbons (Fsp3) is 0.381. The maximum absolute atomic E-state index is 12.9. The van der Waals surface area contributed by atoms with Crippen LogP contribution in [-0.2, 0) is 27.8 Å². The van der Waals surface area contributed by atoms with Gasteiger partial charge in [0.25, 0.3) is 5.91 Å². The molecule has 27 heavy (non-hydrogen) atoms. The summed E-state index contributed by atoms with van der Waals surface area (Å²) in [6, 6.07) is 7.88. The fourth-order valence-electron chi connectivity index (χ4n) is 3.54. The minimum Gasteiger partial charge on any atom is -0.449 e. The van der Waals surface area contributed by atoms with E-state index >= 15 is 0 Å². The van der Waals surface area contributed by atoms with Gasteiger partial charge in [-0.05, 0) is 51.8 Å². The molecular weight excluding hydrogens is 342 g/mol. The van der Waals surface area contributed by atoms with Crippen molar-refractivity contribution in [3.8, 4) is 0 Å².